The van der Waals surface area contributed by atoms with Gasteiger partial charge in [0, 0.05) is 6.54 Å². The van der Waals surface area contributed by atoms with Crippen molar-refractivity contribution in [1.82, 2.24) is 10.3 Å². The molecule has 11 nitrogen and oxygen atoms in total. The first-order valence-electron chi connectivity index (χ1n) is 9.82. The fourth-order valence-corrected chi connectivity index (χ4v) is 2.76. The minimum atomic E-state index is -0.882. The minimum absolute atomic E-state index is 0.00493. The quantitative estimate of drug-likeness (QED) is 0.144. The van der Waals surface area contributed by atoms with E-state index in [1.165, 1.54) is 6.26 Å². The van der Waals surface area contributed by atoms with Crippen LogP contribution in [-0.4, -0.2) is 47.1 Å². The predicted octanol–water partition coefficient (Wildman–Crippen LogP) is 0.338. The van der Waals surface area contributed by atoms with Gasteiger partial charge < -0.3 is 36.8 Å². The maximum Gasteiger partial charge on any atom is 0.328 e. The molecule has 1 amide bonds. The SMILES string of the molecule is CCOC(=O)C(CCCN=C(N)N)NC(=O)c1coc(C(N)Cc2ccc(O)cc2)n1. The second-order valence-electron chi connectivity index (χ2n) is 6.77. The first kappa shape index (κ1) is 23.7. The summed E-state index contributed by atoms with van der Waals surface area (Å²) in [4.78, 5) is 32.7. The van der Waals surface area contributed by atoms with Crippen LogP contribution in [0.15, 0.2) is 39.9 Å². The molecule has 31 heavy (non-hydrogen) atoms. The molecule has 0 fully saturated rings. The van der Waals surface area contributed by atoms with Gasteiger partial charge in [0.05, 0.1) is 12.6 Å². The topological polar surface area (TPSA) is 192 Å². The van der Waals surface area contributed by atoms with Gasteiger partial charge in [0.2, 0.25) is 5.89 Å². The van der Waals surface area contributed by atoms with Crippen LogP contribution in [0.2, 0.25) is 0 Å². The molecular weight excluding hydrogens is 404 g/mol. The zero-order chi connectivity index (χ0) is 22.8. The number of carbonyl (C=O) groups excluding carboxylic acids is 2. The van der Waals surface area contributed by atoms with Crippen molar-refractivity contribution < 1.29 is 23.8 Å². The zero-order valence-electron chi connectivity index (χ0n) is 17.3. The smallest absolute Gasteiger partial charge is 0.328 e. The molecule has 2 unspecified atom stereocenters. The van der Waals surface area contributed by atoms with Gasteiger partial charge in [-0.2, -0.15) is 0 Å². The molecule has 11 heteroatoms. The Bertz CT molecular complexity index is 892. The zero-order valence-corrected chi connectivity index (χ0v) is 17.3. The molecule has 2 aromatic rings. The van der Waals surface area contributed by atoms with Crippen LogP contribution in [0.1, 0.15) is 47.7 Å². The Balaban J connectivity index is 1.99. The molecule has 0 aliphatic carbocycles. The second-order valence-corrected chi connectivity index (χ2v) is 6.77. The third-order valence-electron chi connectivity index (χ3n) is 4.29. The Morgan fingerprint density at radius 3 is 2.65 bits per heavy atom. The fraction of sp³-hybridized carbons (Fsp3) is 0.400. The summed E-state index contributed by atoms with van der Waals surface area (Å²) in [5.41, 5.74) is 17.5. The van der Waals surface area contributed by atoms with E-state index in [4.69, 9.17) is 26.4 Å². The van der Waals surface area contributed by atoms with Crippen molar-refractivity contribution in [2.75, 3.05) is 13.2 Å². The lowest BCUT2D eigenvalue weighted by Gasteiger charge is -2.16. The van der Waals surface area contributed by atoms with E-state index in [9.17, 15) is 14.7 Å². The number of hydrogen-bond acceptors (Lipinski definition) is 8. The van der Waals surface area contributed by atoms with Crippen LogP contribution in [0.5, 0.6) is 5.75 Å². The number of hydrogen-bond donors (Lipinski definition) is 5. The Kier molecular flexibility index (Phi) is 8.82. The number of amides is 1. The molecule has 0 spiro atoms. The van der Waals surface area contributed by atoms with Gasteiger partial charge in [-0.1, -0.05) is 12.1 Å². The number of nitrogens with two attached hydrogens (primary N) is 3. The van der Waals surface area contributed by atoms with Crippen LogP contribution in [0.3, 0.4) is 0 Å². The van der Waals surface area contributed by atoms with Crippen LogP contribution in [0.25, 0.3) is 0 Å². The number of phenolic OH excluding ortho intramolecular Hbond substituents is 1. The number of oxazole rings is 1. The minimum Gasteiger partial charge on any atom is -0.508 e. The van der Waals surface area contributed by atoms with Crippen molar-refractivity contribution in [1.29, 1.82) is 0 Å². The summed E-state index contributed by atoms with van der Waals surface area (Å²) in [6.07, 6.45) is 2.33. The lowest BCUT2D eigenvalue weighted by Crippen LogP contribution is -2.42. The fourth-order valence-electron chi connectivity index (χ4n) is 2.76. The van der Waals surface area contributed by atoms with Crippen molar-refractivity contribution in [3.8, 4) is 5.75 Å². The molecule has 0 aliphatic heterocycles. The molecule has 0 aliphatic rings. The number of aliphatic imine (C=N–C) groups is 1. The second kappa shape index (κ2) is 11.6. The number of phenols is 1. The van der Waals surface area contributed by atoms with Crippen LogP contribution in [-0.2, 0) is 16.0 Å². The van der Waals surface area contributed by atoms with Crippen LogP contribution < -0.4 is 22.5 Å². The number of aromatic nitrogens is 1. The van der Waals surface area contributed by atoms with Gasteiger partial charge >= 0.3 is 5.97 Å². The molecule has 0 saturated carbocycles. The van der Waals surface area contributed by atoms with Crippen molar-refractivity contribution in [3.05, 3.63) is 47.7 Å². The van der Waals surface area contributed by atoms with Crippen molar-refractivity contribution in [3.63, 3.8) is 0 Å². The molecule has 1 aromatic heterocycles. The molecule has 2 rings (SSSR count). The molecule has 1 heterocycles. The Morgan fingerprint density at radius 2 is 2.00 bits per heavy atom. The lowest BCUT2D eigenvalue weighted by molar-refractivity contribution is -0.145. The summed E-state index contributed by atoms with van der Waals surface area (Å²) < 4.78 is 10.4. The highest BCUT2D eigenvalue weighted by Crippen LogP contribution is 2.18. The lowest BCUT2D eigenvalue weighted by atomic mass is 10.1. The van der Waals surface area contributed by atoms with Gasteiger partial charge in [-0.3, -0.25) is 9.79 Å². The van der Waals surface area contributed by atoms with E-state index >= 15 is 0 Å². The molecule has 0 saturated heterocycles. The molecule has 8 N–H and O–H groups in total. The number of ether oxygens (including phenoxy) is 1. The molecular formula is C20H28N6O5. The molecule has 0 bridgehead atoms. The van der Waals surface area contributed by atoms with E-state index in [0.29, 0.717) is 19.4 Å². The molecule has 1 aromatic carbocycles. The number of nitrogens with one attached hydrogen (secondary N) is 1. The summed E-state index contributed by atoms with van der Waals surface area (Å²) in [7, 11) is 0. The third-order valence-corrected chi connectivity index (χ3v) is 4.29. The summed E-state index contributed by atoms with van der Waals surface area (Å²) in [6, 6.07) is 5.10. The summed E-state index contributed by atoms with van der Waals surface area (Å²) in [5, 5.41) is 12.0. The van der Waals surface area contributed by atoms with E-state index in [0.717, 1.165) is 5.56 Å². The number of carbonyl (C=O) groups is 2. The maximum atomic E-state index is 12.6. The number of esters is 1. The van der Waals surface area contributed by atoms with Gasteiger partial charge in [-0.25, -0.2) is 9.78 Å². The summed E-state index contributed by atoms with van der Waals surface area (Å²) in [5.74, 6) is -0.865. The number of rotatable bonds is 11. The van der Waals surface area contributed by atoms with Crippen molar-refractivity contribution >= 4 is 17.8 Å². The van der Waals surface area contributed by atoms with Crippen LogP contribution >= 0.6 is 0 Å². The highest BCUT2D eigenvalue weighted by Gasteiger charge is 2.24. The van der Waals surface area contributed by atoms with E-state index in [1.807, 2.05) is 0 Å². The van der Waals surface area contributed by atoms with E-state index in [1.54, 1.807) is 31.2 Å². The highest BCUT2D eigenvalue weighted by molar-refractivity contribution is 5.94. The molecule has 2 atom stereocenters. The third kappa shape index (κ3) is 7.63. The normalized spacial score (nSPS) is 12.6. The number of nitrogens with zero attached hydrogens (tertiary/aromatic N) is 2. The standard InChI is InChI=1S/C20H28N6O5/c1-2-30-19(29)15(4-3-9-24-20(22)23)25-17(28)16-11-31-18(26-16)14(21)10-12-5-7-13(27)8-6-12/h5-8,11,14-15,27H,2-4,9-10,21H2,1H3,(H,25,28)(H4,22,23,24). The number of benzene rings is 1. The van der Waals surface area contributed by atoms with Crippen LogP contribution in [0, 0.1) is 0 Å². The molecule has 168 valence electrons. The molecule has 0 radical (unpaired) electrons. The largest absolute Gasteiger partial charge is 0.508 e. The van der Waals surface area contributed by atoms with E-state index in [-0.39, 0.29) is 36.3 Å². The average Bonchev–Trinajstić information content (AvgIpc) is 3.22. The highest BCUT2D eigenvalue weighted by atomic mass is 16.5. The predicted molar refractivity (Wildman–Crippen MR) is 113 cm³/mol. The van der Waals surface area contributed by atoms with Gasteiger partial charge in [0.25, 0.3) is 5.91 Å². The van der Waals surface area contributed by atoms with Gasteiger partial charge in [-0.15, -0.1) is 0 Å². The van der Waals surface area contributed by atoms with Gasteiger partial charge in [-0.05, 0) is 43.9 Å². The Hall–Kier alpha value is -3.60. The van der Waals surface area contributed by atoms with Gasteiger partial charge in [0.15, 0.2) is 11.7 Å². The number of guanidine groups is 1. The Morgan fingerprint density at radius 1 is 1.29 bits per heavy atom. The van der Waals surface area contributed by atoms with Crippen molar-refractivity contribution in [2.45, 2.75) is 38.3 Å². The first-order valence-corrected chi connectivity index (χ1v) is 9.82. The van der Waals surface area contributed by atoms with E-state index < -0.39 is 24.0 Å². The van der Waals surface area contributed by atoms with Crippen LogP contribution in [0.4, 0.5) is 0 Å². The maximum absolute atomic E-state index is 12.6. The number of aromatic hydroxyl groups is 1. The summed E-state index contributed by atoms with van der Waals surface area (Å²) in [6.45, 7) is 2.17. The average molecular weight is 432 g/mol. The van der Waals surface area contributed by atoms with Crippen molar-refractivity contribution in [2.24, 2.45) is 22.2 Å². The Labute approximate surface area is 179 Å². The summed E-state index contributed by atoms with van der Waals surface area (Å²) >= 11 is 0. The van der Waals surface area contributed by atoms with E-state index in [2.05, 4.69) is 15.3 Å². The monoisotopic (exact) mass is 432 g/mol. The van der Waals surface area contributed by atoms with Gasteiger partial charge in [0.1, 0.15) is 18.1 Å². The first-order chi connectivity index (χ1) is 14.8.